The van der Waals surface area contributed by atoms with Crippen molar-refractivity contribution in [1.82, 2.24) is 0 Å². The Balaban J connectivity index is 3.25. The average Bonchev–Trinajstić information content (AvgIpc) is 2.52. The minimum absolute atomic E-state index is 0.131. The molecule has 0 aromatic rings. The van der Waals surface area contributed by atoms with Crippen molar-refractivity contribution in [3.63, 3.8) is 0 Å². The maximum absolute atomic E-state index is 8.69. The Morgan fingerprint density at radius 3 is 1.61 bits per heavy atom. The maximum atomic E-state index is 8.69. The lowest BCUT2D eigenvalue weighted by Gasteiger charge is -2.29. The molecule has 0 spiro atoms. The largest absolute Gasteiger partial charge is 0.394 e. The van der Waals surface area contributed by atoms with Crippen molar-refractivity contribution in [1.29, 1.82) is 0 Å². The fourth-order valence-corrected chi connectivity index (χ4v) is 2.97. The number of aliphatic hydroxyl groups excluding tert-OH is 1. The van der Waals surface area contributed by atoms with Gasteiger partial charge in [-0.3, -0.25) is 0 Å². The lowest BCUT2D eigenvalue weighted by atomic mass is 10.1. The second-order valence-electron chi connectivity index (χ2n) is 7.61. The van der Waals surface area contributed by atoms with E-state index in [1.54, 1.807) is 0 Å². The molecule has 0 amide bonds. The van der Waals surface area contributed by atoms with Gasteiger partial charge >= 0.3 is 0 Å². The van der Waals surface area contributed by atoms with Crippen molar-refractivity contribution in [3.05, 3.63) is 0 Å². The highest BCUT2D eigenvalue weighted by molar-refractivity contribution is 4.48. The predicted octanol–water partition coefficient (Wildman–Crippen LogP) is 4.77. The number of rotatable bonds is 18. The lowest BCUT2D eigenvalue weighted by molar-refractivity contribution is -0.891. The average molecular weight is 331 g/mol. The Labute approximate surface area is 146 Å². The highest BCUT2D eigenvalue weighted by Crippen LogP contribution is 2.12. The lowest BCUT2D eigenvalue weighted by Crippen LogP contribution is -2.43. The molecule has 0 radical (unpaired) electrons. The molecule has 3 heteroatoms. The molecule has 0 aliphatic heterocycles. The smallest absolute Gasteiger partial charge is 0.102 e. The van der Waals surface area contributed by atoms with E-state index in [1.807, 2.05) is 0 Å². The number of unbranched alkanes of at least 4 members (excludes halogenated alkanes) is 11. The first-order valence-electron chi connectivity index (χ1n) is 10.1. The quantitative estimate of drug-likeness (QED) is 0.290. The third-order valence-corrected chi connectivity index (χ3v) is 4.69. The van der Waals surface area contributed by atoms with Crippen LogP contribution in [0.3, 0.4) is 0 Å². The van der Waals surface area contributed by atoms with Gasteiger partial charge in [-0.25, -0.2) is 0 Å². The molecule has 23 heavy (non-hydrogen) atoms. The van der Waals surface area contributed by atoms with Crippen molar-refractivity contribution in [2.24, 2.45) is 0 Å². The number of aliphatic hydroxyl groups is 1. The van der Waals surface area contributed by atoms with Gasteiger partial charge < -0.3 is 14.3 Å². The van der Waals surface area contributed by atoms with Crippen LogP contribution in [0.4, 0.5) is 0 Å². The summed E-state index contributed by atoms with van der Waals surface area (Å²) < 4.78 is 6.40. The number of hydrogen-bond acceptors (Lipinski definition) is 2. The first-order valence-corrected chi connectivity index (χ1v) is 10.1. The highest BCUT2D eigenvalue weighted by Gasteiger charge is 2.13. The Morgan fingerprint density at radius 2 is 1.13 bits per heavy atom. The molecule has 0 atom stereocenters. The minimum Gasteiger partial charge on any atom is -0.394 e. The first kappa shape index (κ1) is 22.9. The van der Waals surface area contributed by atoms with E-state index < -0.39 is 0 Å². The van der Waals surface area contributed by atoms with Crippen LogP contribution in [0.15, 0.2) is 0 Å². The number of quaternary nitrogens is 1. The standard InChI is InChI=1S/C20H44NO2/c1-4-5-6-7-8-9-10-11-12-13-14-15-16-21(2,3)17-19-23-20-18-22/h22H,4-20H2,1-3H3/q+1. The Hall–Kier alpha value is -0.120. The summed E-state index contributed by atoms with van der Waals surface area (Å²) in [6, 6.07) is 0. The fourth-order valence-electron chi connectivity index (χ4n) is 2.97. The van der Waals surface area contributed by atoms with Gasteiger partial charge in [0, 0.05) is 0 Å². The van der Waals surface area contributed by atoms with E-state index in [4.69, 9.17) is 9.84 Å². The summed E-state index contributed by atoms with van der Waals surface area (Å²) in [6.45, 7) is 5.92. The van der Waals surface area contributed by atoms with E-state index >= 15 is 0 Å². The molecule has 0 saturated heterocycles. The van der Waals surface area contributed by atoms with Gasteiger partial charge in [-0.1, -0.05) is 71.1 Å². The van der Waals surface area contributed by atoms with Gasteiger partial charge in [-0.15, -0.1) is 0 Å². The van der Waals surface area contributed by atoms with Gasteiger partial charge in [0.25, 0.3) is 0 Å². The number of ether oxygens (including phenoxy) is 1. The van der Waals surface area contributed by atoms with Gasteiger partial charge in [0.15, 0.2) is 0 Å². The van der Waals surface area contributed by atoms with Crippen LogP contribution >= 0.6 is 0 Å². The molecule has 0 rings (SSSR count). The Kier molecular flexibility index (Phi) is 16.6. The number of likely N-dealkylation sites (N-methyl/N-ethyl adjacent to an activating group) is 1. The second kappa shape index (κ2) is 16.7. The van der Waals surface area contributed by atoms with Crippen LogP contribution < -0.4 is 0 Å². The van der Waals surface area contributed by atoms with Gasteiger partial charge in [-0.2, -0.15) is 0 Å². The van der Waals surface area contributed by atoms with Crippen LogP contribution in [0.5, 0.6) is 0 Å². The molecule has 0 unspecified atom stereocenters. The third-order valence-electron chi connectivity index (χ3n) is 4.69. The predicted molar refractivity (Wildman–Crippen MR) is 101 cm³/mol. The molecule has 140 valence electrons. The zero-order chi connectivity index (χ0) is 17.2. The summed E-state index contributed by atoms with van der Waals surface area (Å²) in [5.74, 6) is 0. The van der Waals surface area contributed by atoms with Crippen LogP contribution in [0.2, 0.25) is 0 Å². The summed E-state index contributed by atoms with van der Waals surface area (Å²) in [4.78, 5) is 0. The zero-order valence-corrected chi connectivity index (χ0v) is 16.3. The van der Waals surface area contributed by atoms with Crippen molar-refractivity contribution in [3.8, 4) is 0 Å². The van der Waals surface area contributed by atoms with Crippen LogP contribution in [-0.4, -0.2) is 56.6 Å². The molecule has 3 nitrogen and oxygen atoms in total. The van der Waals surface area contributed by atoms with Crippen molar-refractivity contribution >= 4 is 0 Å². The molecule has 0 heterocycles. The van der Waals surface area contributed by atoms with Gasteiger partial charge in [0.1, 0.15) is 6.54 Å². The summed E-state index contributed by atoms with van der Waals surface area (Å²) in [5, 5.41) is 8.69. The molecule has 0 aliphatic rings. The fraction of sp³-hybridized carbons (Fsp3) is 1.00. The van der Waals surface area contributed by atoms with E-state index in [9.17, 15) is 0 Å². The van der Waals surface area contributed by atoms with Crippen LogP contribution in [0.25, 0.3) is 0 Å². The van der Waals surface area contributed by atoms with Crippen LogP contribution in [0.1, 0.15) is 84.0 Å². The van der Waals surface area contributed by atoms with Crippen LogP contribution in [0, 0.1) is 0 Å². The molecule has 0 aromatic carbocycles. The maximum Gasteiger partial charge on any atom is 0.102 e. The Bertz CT molecular complexity index is 232. The van der Waals surface area contributed by atoms with E-state index in [-0.39, 0.29) is 6.61 Å². The van der Waals surface area contributed by atoms with Gasteiger partial charge in [-0.05, 0) is 12.8 Å². The molecular weight excluding hydrogens is 286 g/mol. The number of nitrogens with zero attached hydrogens (tertiary/aromatic N) is 1. The summed E-state index contributed by atoms with van der Waals surface area (Å²) >= 11 is 0. The molecule has 0 fully saturated rings. The molecule has 0 saturated carbocycles. The van der Waals surface area contributed by atoms with E-state index in [0.717, 1.165) is 17.6 Å². The van der Waals surface area contributed by atoms with Crippen molar-refractivity contribution in [2.45, 2.75) is 84.0 Å². The second-order valence-corrected chi connectivity index (χ2v) is 7.61. The van der Waals surface area contributed by atoms with Crippen LogP contribution in [-0.2, 0) is 4.74 Å². The van der Waals surface area contributed by atoms with Gasteiger partial charge in [0.2, 0.25) is 0 Å². The van der Waals surface area contributed by atoms with Crippen molar-refractivity contribution in [2.75, 3.05) is 47.0 Å². The first-order chi connectivity index (χ1) is 11.1. The summed E-state index contributed by atoms with van der Waals surface area (Å²) in [7, 11) is 4.56. The highest BCUT2D eigenvalue weighted by atomic mass is 16.5. The molecule has 1 N–H and O–H groups in total. The SMILES string of the molecule is CCCCCCCCCCCCCC[N+](C)(C)CCOCCO. The topological polar surface area (TPSA) is 29.5 Å². The molecule has 0 bridgehead atoms. The zero-order valence-electron chi connectivity index (χ0n) is 16.3. The van der Waals surface area contributed by atoms with Crippen molar-refractivity contribution < 1.29 is 14.3 Å². The third kappa shape index (κ3) is 18.1. The van der Waals surface area contributed by atoms with E-state index in [2.05, 4.69) is 21.0 Å². The molecule has 0 aliphatic carbocycles. The van der Waals surface area contributed by atoms with E-state index in [0.29, 0.717) is 6.61 Å². The van der Waals surface area contributed by atoms with E-state index in [1.165, 1.54) is 83.6 Å². The minimum atomic E-state index is 0.131. The van der Waals surface area contributed by atoms with Gasteiger partial charge in [0.05, 0.1) is 40.5 Å². The Morgan fingerprint density at radius 1 is 0.652 bits per heavy atom. The molecule has 0 aromatic heterocycles. The molecular formula is C20H44NO2+. The number of hydrogen-bond donors (Lipinski definition) is 1. The normalized spacial score (nSPS) is 12.0. The summed E-state index contributed by atoms with van der Waals surface area (Å²) in [6.07, 6.45) is 16.9. The monoisotopic (exact) mass is 330 g/mol. The summed E-state index contributed by atoms with van der Waals surface area (Å²) in [5.41, 5.74) is 0.